The van der Waals surface area contributed by atoms with E-state index in [-0.39, 0.29) is 28.4 Å². The lowest BCUT2D eigenvalue weighted by molar-refractivity contribution is -0.272. The number of carbonyl (C=O) groups is 2. The number of anilines is 1. The van der Waals surface area contributed by atoms with E-state index in [2.05, 4.69) is 10.3 Å². The van der Waals surface area contributed by atoms with Gasteiger partial charge in [0.15, 0.2) is 17.1 Å². The number of aromatic nitrogens is 1. The Hall–Kier alpha value is -3.41. The molecule has 2 aromatic rings. The van der Waals surface area contributed by atoms with E-state index >= 15 is 4.39 Å². The highest BCUT2D eigenvalue weighted by Crippen LogP contribution is 2.55. The van der Waals surface area contributed by atoms with Crippen LogP contribution >= 0.6 is 0 Å². The Morgan fingerprint density at radius 1 is 1.27 bits per heavy atom. The fourth-order valence-electron chi connectivity index (χ4n) is 4.51. The van der Waals surface area contributed by atoms with Gasteiger partial charge < -0.3 is 25.3 Å². The molecule has 4 atom stereocenters. The molecule has 0 unspecified atom stereocenters. The van der Waals surface area contributed by atoms with Crippen molar-refractivity contribution in [3.05, 3.63) is 47.5 Å². The average Bonchev–Trinajstić information content (AvgIpc) is 3.62. The molecule has 1 aromatic carbocycles. The van der Waals surface area contributed by atoms with Gasteiger partial charge in [0.2, 0.25) is 5.82 Å². The molecule has 1 aliphatic carbocycles. The Morgan fingerprint density at radius 3 is 2.57 bits per heavy atom. The highest BCUT2D eigenvalue weighted by molar-refractivity contribution is 5.97. The van der Waals surface area contributed by atoms with Crippen LogP contribution in [0, 0.1) is 17.7 Å². The van der Waals surface area contributed by atoms with Crippen molar-refractivity contribution < 1.29 is 41.4 Å². The number of amides is 2. The number of nitrogens with one attached hydrogen (secondary N) is 1. The quantitative estimate of drug-likeness (QED) is 0.500. The second kappa shape index (κ2) is 9.81. The highest BCUT2D eigenvalue weighted by Gasteiger charge is 2.66. The Morgan fingerprint density at radius 2 is 1.97 bits per heavy atom. The maximum absolute atomic E-state index is 15.3. The summed E-state index contributed by atoms with van der Waals surface area (Å²) in [6, 6.07) is 5.24. The van der Waals surface area contributed by atoms with Gasteiger partial charge in [-0.3, -0.25) is 14.6 Å². The Bertz CT molecular complexity index is 1200. The van der Waals surface area contributed by atoms with Crippen molar-refractivity contribution in [1.82, 2.24) is 4.98 Å². The van der Waals surface area contributed by atoms with Gasteiger partial charge in [-0.1, -0.05) is 13.0 Å². The SMILES string of the molecule is COc1c([C@@H]2[C@@H](C(=O)Nc3ccnc(C(N)=O)c3)O[C@](C)(C(F)(F)F)[C@@H]2C)ccc(OCC2CC2)c1F. The lowest BCUT2D eigenvalue weighted by Crippen LogP contribution is -2.47. The van der Waals surface area contributed by atoms with E-state index < -0.39 is 47.3 Å². The molecule has 2 amide bonds. The average molecular weight is 525 g/mol. The molecule has 37 heavy (non-hydrogen) atoms. The summed E-state index contributed by atoms with van der Waals surface area (Å²) in [6.07, 6.45) is -3.34. The van der Waals surface area contributed by atoms with E-state index in [9.17, 15) is 22.8 Å². The predicted octanol–water partition coefficient (Wildman–Crippen LogP) is 4.20. The van der Waals surface area contributed by atoms with Gasteiger partial charge in [0, 0.05) is 29.3 Å². The van der Waals surface area contributed by atoms with Gasteiger partial charge in [0.1, 0.15) is 11.8 Å². The number of hydrogen-bond donors (Lipinski definition) is 2. The molecule has 1 aliphatic heterocycles. The molecule has 8 nitrogen and oxygen atoms in total. The number of nitrogens with zero attached hydrogens (tertiary/aromatic N) is 1. The van der Waals surface area contributed by atoms with Crippen LogP contribution in [-0.2, 0) is 9.53 Å². The smallest absolute Gasteiger partial charge is 0.417 e. The lowest BCUT2D eigenvalue weighted by Gasteiger charge is -2.32. The summed E-state index contributed by atoms with van der Waals surface area (Å²) in [6.45, 7) is 2.46. The third kappa shape index (κ3) is 5.07. The van der Waals surface area contributed by atoms with E-state index in [0.717, 1.165) is 19.8 Å². The molecule has 2 heterocycles. The lowest BCUT2D eigenvalue weighted by atomic mass is 9.77. The first-order chi connectivity index (χ1) is 17.4. The zero-order chi connectivity index (χ0) is 27.1. The molecular formula is C25H27F4N3O5. The van der Waals surface area contributed by atoms with Crippen LogP contribution in [0.1, 0.15) is 48.7 Å². The maximum Gasteiger partial charge on any atom is 0.417 e. The fourth-order valence-corrected chi connectivity index (χ4v) is 4.51. The van der Waals surface area contributed by atoms with Gasteiger partial charge in [0.25, 0.3) is 11.8 Å². The summed E-state index contributed by atoms with van der Waals surface area (Å²) in [5, 5.41) is 2.45. The molecule has 2 aliphatic rings. The first kappa shape index (κ1) is 26.6. The third-order valence-electron chi connectivity index (χ3n) is 7.03. The molecule has 2 fully saturated rings. The van der Waals surface area contributed by atoms with Crippen LogP contribution in [0.3, 0.4) is 0 Å². The van der Waals surface area contributed by atoms with Crippen LogP contribution in [0.2, 0.25) is 0 Å². The first-order valence-corrected chi connectivity index (χ1v) is 11.7. The monoisotopic (exact) mass is 525 g/mol. The minimum absolute atomic E-state index is 0.0342. The largest absolute Gasteiger partial charge is 0.493 e. The second-order valence-corrected chi connectivity index (χ2v) is 9.50. The van der Waals surface area contributed by atoms with E-state index in [1.54, 1.807) is 0 Å². The Balaban J connectivity index is 1.72. The van der Waals surface area contributed by atoms with E-state index in [1.165, 1.54) is 44.5 Å². The topological polar surface area (TPSA) is 113 Å². The molecule has 0 radical (unpaired) electrons. The molecule has 3 N–H and O–H groups in total. The number of benzene rings is 1. The predicted molar refractivity (Wildman–Crippen MR) is 124 cm³/mol. The van der Waals surface area contributed by atoms with E-state index in [0.29, 0.717) is 12.5 Å². The van der Waals surface area contributed by atoms with Gasteiger partial charge >= 0.3 is 6.18 Å². The highest BCUT2D eigenvalue weighted by atomic mass is 19.4. The standard InChI is InChI=1S/C25H27F4N3O5/c1-12-18(15-6-7-17(19(26)20(15)35-3)36-11-13-4-5-13)21(37-24(12,2)25(27,28)29)23(34)32-14-8-9-31-16(10-14)22(30)33/h6-10,12-13,18,21H,4-5,11H2,1-3H3,(H2,30,33)(H,31,32,34)/t12-,18-,21+,24+/m1/s1. The molecule has 12 heteroatoms. The summed E-state index contributed by atoms with van der Waals surface area (Å²) < 4.78 is 74.0. The van der Waals surface area contributed by atoms with Crippen molar-refractivity contribution in [3.8, 4) is 11.5 Å². The van der Waals surface area contributed by atoms with Crippen molar-refractivity contribution in [2.24, 2.45) is 17.6 Å². The second-order valence-electron chi connectivity index (χ2n) is 9.50. The molecule has 1 aromatic heterocycles. The zero-order valence-corrected chi connectivity index (χ0v) is 20.4. The number of carbonyl (C=O) groups excluding carboxylic acids is 2. The number of rotatable bonds is 8. The number of halogens is 4. The molecule has 0 bridgehead atoms. The molecule has 4 rings (SSSR count). The van der Waals surface area contributed by atoms with Crippen molar-refractivity contribution in [2.75, 3.05) is 19.0 Å². The van der Waals surface area contributed by atoms with Crippen LogP contribution in [0.25, 0.3) is 0 Å². The van der Waals surface area contributed by atoms with Gasteiger partial charge in [0.05, 0.1) is 13.7 Å². The number of pyridine rings is 1. The minimum atomic E-state index is -4.84. The molecule has 200 valence electrons. The number of ether oxygens (including phenoxy) is 3. The van der Waals surface area contributed by atoms with Gasteiger partial charge in [-0.25, -0.2) is 0 Å². The summed E-state index contributed by atoms with van der Waals surface area (Å²) in [5.41, 5.74) is 2.45. The normalized spacial score (nSPS) is 25.5. The van der Waals surface area contributed by atoms with E-state index in [1.807, 2.05) is 0 Å². The maximum atomic E-state index is 15.3. The van der Waals surface area contributed by atoms with Crippen LogP contribution in [0.4, 0.5) is 23.2 Å². The third-order valence-corrected chi connectivity index (χ3v) is 7.03. The fraction of sp³-hybridized carbons (Fsp3) is 0.480. The molecule has 1 saturated heterocycles. The van der Waals surface area contributed by atoms with E-state index in [4.69, 9.17) is 19.9 Å². The van der Waals surface area contributed by atoms with Crippen LogP contribution in [-0.4, -0.2) is 48.4 Å². The first-order valence-electron chi connectivity index (χ1n) is 11.7. The van der Waals surface area contributed by atoms with Crippen molar-refractivity contribution in [3.63, 3.8) is 0 Å². The van der Waals surface area contributed by atoms with Crippen LogP contribution in [0.5, 0.6) is 11.5 Å². The van der Waals surface area contributed by atoms with Crippen molar-refractivity contribution >= 4 is 17.5 Å². The molecular weight excluding hydrogens is 498 g/mol. The minimum Gasteiger partial charge on any atom is -0.493 e. The summed E-state index contributed by atoms with van der Waals surface area (Å²) in [5.74, 6) is -5.27. The number of alkyl halides is 3. The number of primary amides is 1. The summed E-state index contributed by atoms with van der Waals surface area (Å²) >= 11 is 0. The van der Waals surface area contributed by atoms with Crippen molar-refractivity contribution in [1.29, 1.82) is 0 Å². The number of hydrogen-bond acceptors (Lipinski definition) is 6. The molecule has 0 spiro atoms. The van der Waals surface area contributed by atoms with Gasteiger partial charge in [-0.2, -0.15) is 17.6 Å². The van der Waals surface area contributed by atoms with Gasteiger partial charge in [-0.15, -0.1) is 0 Å². The Labute approximate surface area is 210 Å². The van der Waals surface area contributed by atoms with Gasteiger partial charge in [-0.05, 0) is 43.9 Å². The summed E-state index contributed by atoms with van der Waals surface area (Å²) in [7, 11) is 1.19. The van der Waals surface area contributed by atoms with Crippen LogP contribution in [0.15, 0.2) is 30.5 Å². The van der Waals surface area contributed by atoms with Crippen LogP contribution < -0.4 is 20.5 Å². The number of nitrogens with two attached hydrogens (primary N) is 1. The molecule has 1 saturated carbocycles. The Kier molecular flexibility index (Phi) is 7.06. The van der Waals surface area contributed by atoms with Crippen molar-refractivity contribution in [2.45, 2.75) is 50.5 Å². The zero-order valence-electron chi connectivity index (χ0n) is 20.4. The number of methoxy groups -OCH3 is 1. The summed E-state index contributed by atoms with van der Waals surface area (Å²) in [4.78, 5) is 28.5.